The van der Waals surface area contributed by atoms with Crippen LogP contribution in [0.15, 0.2) is 0 Å². The van der Waals surface area contributed by atoms with E-state index < -0.39 is 0 Å². The van der Waals surface area contributed by atoms with E-state index in [1.54, 1.807) is 55.4 Å². The minimum absolute atomic E-state index is 0. The van der Waals surface area contributed by atoms with E-state index in [-0.39, 0.29) is 93.3 Å². The van der Waals surface area contributed by atoms with Gasteiger partial charge in [0.05, 0.1) is 48.8 Å². The normalized spacial score (nSPS) is 16.5. The Morgan fingerprint density at radius 1 is 0.312 bits per heavy atom. The van der Waals surface area contributed by atoms with Gasteiger partial charge in [-0.2, -0.15) is 0 Å². The summed E-state index contributed by atoms with van der Waals surface area (Å²) in [7, 11) is 0. The zero-order chi connectivity index (χ0) is 23.4. The molecule has 0 aromatic heterocycles. The molecule has 32 heavy (non-hydrogen) atoms. The number of aliphatic hydroxyl groups excluding tert-OH is 8. The quantitative estimate of drug-likeness (QED) is 0.178. The first-order valence-corrected chi connectivity index (χ1v) is 9.95. The molecule has 0 aliphatic heterocycles. The Hall–Kier alpha value is 0.613. The van der Waals surface area contributed by atoms with Crippen molar-refractivity contribution in [1.82, 2.24) is 0 Å². The predicted octanol–water partition coefficient (Wildman–Crippen LogP) is -1.10. The van der Waals surface area contributed by atoms with Crippen LogP contribution >= 0.6 is 0 Å². The van der Waals surface area contributed by atoms with Crippen molar-refractivity contribution in [2.75, 3.05) is 0 Å². The number of hydrogen-bond acceptors (Lipinski definition) is 8. The molecule has 10 nitrogen and oxygen atoms in total. The van der Waals surface area contributed by atoms with Crippen molar-refractivity contribution in [3.8, 4) is 0 Å². The van der Waals surface area contributed by atoms with Crippen LogP contribution in [0.1, 0.15) is 81.1 Å². The van der Waals surface area contributed by atoms with E-state index in [9.17, 15) is 0 Å². The van der Waals surface area contributed by atoms with Crippen molar-refractivity contribution in [2.45, 2.75) is 130 Å². The minimum Gasteiger partial charge on any atom is -0.412 e. The van der Waals surface area contributed by atoms with Gasteiger partial charge in [0.25, 0.3) is 0 Å². The van der Waals surface area contributed by atoms with Gasteiger partial charge in [0.15, 0.2) is 0 Å². The summed E-state index contributed by atoms with van der Waals surface area (Å²) in [6.07, 6.45) is -1.11. The summed E-state index contributed by atoms with van der Waals surface area (Å²) >= 11 is 0. The summed E-state index contributed by atoms with van der Waals surface area (Å²) < 4.78 is 0. The fourth-order valence-corrected chi connectivity index (χ4v) is 1.97. The van der Waals surface area contributed by atoms with Crippen LogP contribution in [-0.4, -0.2) is 101 Å². The van der Waals surface area contributed by atoms with Gasteiger partial charge in [-0.25, -0.2) is 0 Å². The fraction of sp³-hybridized carbons (Fsp3) is 1.00. The van der Waals surface area contributed by atoms with Crippen LogP contribution in [-0.2, 0) is 33.6 Å². The van der Waals surface area contributed by atoms with Gasteiger partial charge in [0.2, 0.25) is 0 Å². The molecular formula is C20H52Co2O10. The molecule has 0 amide bonds. The van der Waals surface area contributed by atoms with Gasteiger partial charge < -0.3 is 51.8 Å². The van der Waals surface area contributed by atoms with E-state index in [4.69, 9.17) is 40.9 Å². The molecule has 12 N–H and O–H groups in total. The maximum absolute atomic E-state index is 8.56. The molecule has 2 radical (unpaired) electrons. The molecule has 0 fully saturated rings. The number of aliphatic hydroxyl groups is 8. The van der Waals surface area contributed by atoms with Gasteiger partial charge in [0.1, 0.15) is 0 Å². The average molecular weight is 570 g/mol. The molecule has 210 valence electrons. The Labute approximate surface area is 215 Å². The number of hydrogen-bond donors (Lipinski definition) is 8. The molecule has 12 heteroatoms. The van der Waals surface area contributed by atoms with Gasteiger partial charge in [-0.3, -0.25) is 0 Å². The molecule has 0 aromatic carbocycles. The summed E-state index contributed by atoms with van der Waals surface area (Å²) in [5, 5.41) is 68.5. The van der Waals surface area contributed by atoms with Crippen molar-refractivity contribution < 1.29 is 85.4 Å². The monoisotopic (exact) mass is 570 g/mol. The van der Waals surface area contributed by atoms with Gasteiger partial charge in [-0.05, 0) is 81.1 Å². The van der Waals surface area contributed by atoms with Crippen molar-refractivity contribution in [3.05, 3.63) is 0 Å². The topological polar surface area (TPSA) is 225 Å². The van der Waals surface area contributed by atoms with E-state index >= 15 is 0 Å². The zero-order valence-corrected chi connectivity index (χ0v) is 22.8. The Bertz CT molecular complexity index is 212. The van der Waals surface area contributed by atoms with Gasteiger partial charge in [0, 0.05) is 33.6 Å². The summed E-state index contributed by atoms with van der Waals surface area (Å²) in [4.78, 5) is 0. The van der Waals surface area contributed by atoms with Gasteiger partial charge in [-0.1, -0.05) is 0 Å². The minimum atomic E-state index is -0.375. The second kappa shape index (κ2) is 36.2. The maximum Gasteiger partial charge on any atom is 0.0536 e. The van der Waals surface area contributed by atoms with Crippen molar-refractivity contribution in [2.24, 2.45) is 0 Å². The molecular weight excluding hydrogens is 518 g/mol. The van der Waals surface area contributed by atoms with Crippen LogP contribution in [0.5, 0.6) is 0 Å². The van der Waals surface area contributed by atoms with Crippen molar-refractivity contribution in [3.63, 3.8) is 0 Å². The molecule has 0 aliphatic rings. The molecule has 0 spiro atoms. The Morgan fingerprint density at radius 3 is 0.375 bits per heavy atom. The van der Waals surface area contributed by atoms with Gasteiger partial charge in [-0.15, -0.1) is 0 Å². The van der Waals surface area contributed by atoms with E-state index in [1.165, 1.54) is 0 Å². The third-order valence-electron chi connectivity index (χ3n) is 2.73. The fourth-order valence-electron chi connectivity index (χ4n) is 1.97. The van der Waals surface area contributed by atoms with E-state index in [0.29, 0.717) is 25.7 Å². The molecule has 0 rings (SSSR count). The molecule has 0 bridgehead atoms. The summed E-state index contributed by atoms with van der Waals surface area (Å²) in [6.45, 7) is 13.3. The first-order valence-electron chi connectivity index (χ1n) is 9.95. The molecule has 0 aromatic rings. The average Bonchev–Trinajstić information content (AvgIpc) is 2.32. The van der Waals surface area contributed by atoms with E-state index in [1.807, 2.05) is 0 Å². The maximum atomic E-state index is 8.56. The molecule has 0 heterocycles. The Balaban J connectivity index is -0.0000000384. The molecule has 0 saturated heterocycles. The largest absolute Gasteiger partial charge is 0.412 e. The van der Waals surface area contributed by atoms with Crippen molar-refractivity contribution >= 4 is 0 Å². The third kappa shape index (κ3) is 97.3. The van der Waals surface area contributed by atoms with Crippen LogP contribution < -0.4 is 0 Å². The summed E-state index contributed by atoms with van der Waals surface area (Å²) in [5.74, 6) is 0. The Kier molecular flexibility index (Phi) is 60.8. The Morgan fingerprint density at radius 2 is 0.375 bits per heavy atom. The molecule has 0 saturated carbocycles. The van der Waals surface area contributed by atoms with E-state index in [0.717, 1.165) is 0 Å². The van der Waals surface area contributed by atoms with Crippen molar-refractivity contribution in [1.29, 1.82) is 0 Å². The summed E-state index contributed by atoms with van der Waals surface area (Å²) in [6, 6.07) is 0. The first-order chi connectivity index (χ1) is 12.5. The molecule has 0 aliphatic carbocycles. The third-order valence-corrected chi connectivity index (χ3v) is 2.73. The van der Waals surface area contributed by atoms with Crippen LogP contribution in [0, 0.1) is 0 Å². The first kappa shape index (κ1) is 53.8. The van der Waals surface area contributed by atoms with E-state index in [2.05, 4.69) is 0 Å². The van der Waals surface area contributed by atoms with Crippen LogP contribution in [0.4, 0.5) is 0 Å². The van der Waals surface area contributed by atoms with Crippen LogP contribution in [0.2, 0.25) is 0 Å². The second-order valence-electron chi connectivity index (χ2n) is 7.73. The predicted molar refractivity (Wildman–Crippen MR) is 119 cm³/mol. The summed E-state index contributed by atoms with van der Waals surface area (Å²) in [5.41, 5.74) is 0. The zero-order valence-electron chi connectivity index (χ0n) is 20.7. The molecule has 8 unspecified atom stereocenters. The van der Waals surface area contributed by atoms with Crippen LogP contribution in [0.25, 0.3) is 0 Å². The van der Waals surface area contributed by atoms with Gasteiger partial charge >= 0.3 is 0 Å². The molecule has 8 atom stereocenters. The standard InChI is InChI=1S/4C5H12O2.2Co.2H2O/c4*1-4(6)3-5(2)7;;;;/h4*4-7H,3H2,1-2H3;;;2*1H2. The number of rotatable bonds is 8. The SMILES string of the molecule is CC(O)CC(C)O.CC(O)CC(C)O.CC(O)CC(C)O.CC(O)CC(C)O.O.O.[Co].[Co]. The second-order valence-corrected chi connectivity index (χ2v) is 7.73. The van der Waals surface area contributed by atoms with Crippen LogP contribution in [0.3, 0.4) is 0 Å². The smallest absolute Gasteiger partial charge is 0.0536 e.